The number of nitrogens with zero attached hydrogens (tertiary/aromatic N) is 2. The van der Waals surface area contributed by atoms with E-state index in [0.717, 1.165) is 0 Å². The zero-order valence-corrected chi connectivity index (χ0v) is 13.6. The van der Waals surface area contributed by atoms with Gasteiger partial charge in [0.15, 0.2) is 0 Å². The zero-order valence-electron chi connectivity index (χ0n) is 13.6. The van der Waals surface area contributed by atoms with E-state index >= 15 is 0 Å². The van der Waals surface area contributed by atoms with Crippen molar-refractivity contribution in [2.24, 2.45) is 5.10 Å². The first-order chi connectivity index (χ1) is 10.7. The third-order valence-corrected chi connectivity index (χ3v) is 2.39. The lowest BCUT2D eigenvalue weighted by Crippen LogP contribution is -2.47. The first kappa shape index (κ1) is 18.3. The highest BCUT2D eigenvalue weighted by Crippen LogP contribution is 2.01. The molecular weight excluding hydrogens is 298 g/mol. The van der Waals surface area contributed by atoms with Crippen molar-refractivity contribution >= 4 is 29.3 Å². The van der Waals surface area contributed by atoms with Crippen LogP contribution in [-0.4, -0.2) is 34.0 Å². The molecule has 0 atom stereocenters. The number of carbonyl (C=O) groups is 3. The Bertz CT molecular complexity index is 605. The molecule has 124 valence electrons. The van der Waals surface area contributed by atoms with Crippen molar-refractivity contribution in [1.82, 2.24) is 15.7 Å². The highest BCUT2D eigenvalue weighted by molar-refractivity contribution is 6.35. The van der Waals surface area contributed by atoms with Gasteiger partial charge in [-0.2, -0.15) is 5.10 Å². The molecule has 1 aromatic heterocycles. The molecule has 0 bridgehead atoms. The van der Waals surface area contributed by atoms with Gasteiger partial charge in [0.05, 0.1) is 6.42 Å². The van der Waals surface area contributed by atoms with E-state index in [2.05, 4.69) is 26.1 Å². The van der Waals surface area contributed by atoms with Crippen LogP contribution < -0.4 is 16.1 Å². The topological polar surface area (TPSA) is 113 Å². The lowest BCUT2D eigenvalue weighted by Gasteiger charge is -2.19. The molecule has 0 spiro atoms. The van der Waals surface area contributed by atoms with E-state index < -0.39 is 17.4 Å². The number of pyridine rings is 1. The number of amides is 3. The van der Waals surface area contributed by atoms with Gasteiger partial charge in [-0.15, -0.1) is 0 Å². The smallest absolute Gasteiger partial charge is 0.329 e. The molecule has 0 aliphatic carbocycles. The van der Waals surface area contributed by atoms with Crippen LogP contribution >= 0.6 is 0 Å². The van der Waals surface area contributed by atoms with Crippen LogP contribution in [0.4, 0.5) is 5.82 Å². The Labute approximate surface area is 134 Å². The maximum absolute atomic E-state index is 11.8. The Morgan fingerprint density at radius 2 is 1.87 bits per heavy atom. The molecule has 0 unspecified atom stereocenters. The van der Waals surface area contributed by atoms with Crippen LogP contribution in [0, 0.1) is 0 Å². The molecule has 23 heavy (non-hydrogen) atoms. The molecule has 0 fully saturated rings. The highest BCUT2D eigenvalue weighted by Gasteiger charge is 2.19. The lowest BCUT2D eigenvalue weighted by atomic mass is 10.1. The average molecular weight is 319 g/mol. The monoisotopic (exact) mass is 319 g/mol. The molecular formula is C15H21N5O3. The Balaban J connectivity index is 2.46. The minimum absolute atomic E-state index is 0.0300. The molecule has 0 radical (unpaired) electrons. The normalized spacial score (nSPS) is 11.6. The predicted octanol–water partition coefficient (Wildman–Crippen LogP) is 0.817. The summed E-state index contributed by atoms with van der Waals surface area (Å²) in [5.74, 6) is -1.56. The van der Waals surface area contributed by atoms with E-state index in [9.17, 15) is 14.4 Å². The van der Waals surface area contributed by atoms with Gasteiger partial charge in [0.25, 0.3) is 0 Å². The maximum atomic E-state index is 11.8. The van der Waals surface area contributed by atoms with Gasteiger partial charge in [-0.1, -0.05) is 6.07 Å². The summed E-state index contributed by atoms with van der Waals surface area (Å²) in [6, 6.07) is 5.14. The van der Waals surface area contributed by atoms with Gasteiger partial charge in [0.1, 0.15) is 5.82 Å². The number of hydrogen-bond acceptors (Lipinski definition) is 5. The fourth-order valence-corrected chi connectivity index (χ4v) is 1.49. The molecule has 8 nitrogen and oxygen atoms in total. The van der Waals surface area contributed by atoms with Crippen molar-refractivity contribution in [1.29, 1.82) is 0 Å². The number of aromatic nitrogens is 1. The molecule has 0 saturated heterocycles. The van der Waals surface area contributed by atoms with Crippen molar-refractivity contribution in [3.63, 3.8) is 0 Å². The van der Waals surface area contributed by atoms with Crippen molar-refractivity contribution in [3.05, 3.63) is 24.4 Å². The van der Waals surface area contributed by atoms with Gasteiger partial charge in [0, 0.05) is 17.4 Å². The first-order valence-electron chi connectivity index (χ1n) is 7.04. The molecule has 0 saturated carbocycles. The molecule has 1 heterocycles. The maximum Gasteiger partial charge on any atom is 0.329 e. The minimum atomic E-state index is -0.885. The lowest BCUT2D eigenvalue weighted by molar-refractivity contribution is -0.140. The number of hydrazone groups is 1. The highest BCUT2D eigenvalue weighted by atomic mass is 16.2. The van der Waals surface area contributed by atoms with E-state index in [0.29, 0.717) is 11.5 Å². The average Bonchev–Trinajstić information content (AvgIpc) is 2.43. The summed E-state index contributed by atoms with van der Waals surface area (Å²) in [6.07, 6.45) is 1.53. The molecule has 3 amide bonds. The summed E-state index contributed by atoms with van der Waals surface area (Å²) in [5, 5.41) is 8.83. The second-order valence-corrected chi connectivity index (χ2v) is 5.93. The van der Waals surface area contributed by atoms with E-state index in [-0.39, 0.29) is 12.3 Å². The fraction of sp³-hybridized carbons (Fsp3) is 0.400. The Morgan fingerprint density at radius 1 is 1.17 bits per heavy atom. The summed E-state index contributed by atoms with van der Waals surface area (Å²) in [4.78, 5) is 38.8. The van der Waals surface area contributed by atoms with E-state index in [1.165, 1.54) is 0 Å². The second kappa shape index (κ2) is 8.02. The van der Waals surface area contributed by atoms with Crippen molar-refractivity contribution in [2.45, 2.75) is 39.7 Å². The predicted molar refractivity (Wildman–Crippen MR) is 86.6 cm³/mol. The molecule has 0 aromatic carbocycles. The van der Waals surface area contributed by atoms with Crippen LogP contribution in [0.15, 0.2) is 29.5 Å². The van der Waals surface area contributed by atoms with Crippen molar-refractivity contribution < 1.29 is 14.4 Å². The van der Waals surface area contributed by atoms with Gasteiger partial charge >= 0.3 is 11.8 Å². The summed E-state index contributed by atoms with van der Waals surface area (Å²) in [5.41, 5.74) is 1.95. The largest absolute Gasteiger partial charge is 0.343 e. The van der Waals surface area contributed by atoms with Gasteiger partial charge in [-0.05, 0) is 39.8 Å². The van der Waals surface area contributed by atoms with E-state index in [4.69, 9.17) is 0 Å². The van der Waals surface area contributed by atoms with Gasteiger partial charge in [0.2, 0.25) is 5.91 Å². The van der Waals surface area contributed by atoms with Gasteiger partial charge < -0.3 is 10.6 Å². The number of rotatable bonds is 4. The number of carbonyl (C=O) groups excluding carboxylic acids is 3. The third-order valence-electron chi connectivity index (χ3n) is 2.39. The Kier molecular flexibility index (Phi) is 6.37. The summed E-state index contributed by atoms with van der Waals surface area (Å²) in [7, 11) is 0. The van der Waals surface area contributed by atoms with Crippen LogP contribution in [-0.2, 0) is 14.4 Å². The van der Waals surface area contributed by atoms with E-state index in [1.807, 2.05) is 0 Å². The van der Waals surface area contributed by atoms with Crippen LogP contribution in [0.5, 0.6) is 0 Å². The minimum Gasteiger partial charge on any atom is -0.343 e. The quantitative estimate of drug-likeness (QED) is 0.433. The SMILES string of the molecule is C/C(CC(=O)Nc1ccccn1)=N\NC(=O)C(=O)NC(C)(C)C. The molecule has 1 aromatic rings. The zero-order chi connectivity index (χ0) is 17.5. The van der Waals surface area contributed by atoms with Gasteiger partial charge in [-0.3, -0.25) is 14.4 Å². The third kappa shape index (κ3) is 7.70. The summed E-state index contributed by atoms with van der Waals surface area (Å²) >= 11 is 0. The molecule has 3 N–H and O–H groups in total. The van der Waals surface area contributed by atoms with E-state index in [1.54, 1.807) is 52.1 Å². The molecule has 0 aliphatic rings. The van der Waals surface area contributed by atoms with Crippen LogP contribution in [0.3, 0.4) is 0 Å². The van der Waals surface area contributed by atoms with Crippen LogP contribution in [0.1, 0.15) is 34.1 Å². The number of anilines is 1. The van der Waals surface area contributed by atoms with Gasteiger partial charge in [-0.25, -0.2) is 10.4 Å². The Morgan fingerprint density at radius 3 is 2.43 bits per heavy atom. The second-order valence-electron chi connectivity index (χ2n) is 5.93. The number of hydrogen-bond donors (Lipinski definition) is 3. The first-order valence-corrected chi connectivity index (χ1v) is 7.04. The fourth-order valence-electron chi connectivity index (χ4n) is 1.49. The molecule has 1 rings (SSSR count). The number of nitrogens with one attached hydrogen (secondary N) is 3. The summed E-state index contributed by atoms with van der Waals surface area (Å²) in [6.45, 7) is 6.85. The summed E-state index contributed by atoms with van der Waals surface area (Å²) < 4.78 is 0. The van der Waals surface area contributed by atoms with Crippen LogP contribution in [0.25, 0.3) is 0 Å². The van der Waals surface area contributed by atoms with Crippen LogP contribution in [0.2, 0.25) is 0 Å². The molecule has 8 heteroatoms. The Hall–Kier alpha value is -2.77. The van der Waals surface area contributed by atoms with Crippen molar-refractivity contribution in [2.75, 3.05) is 5.32 Å². The standard InChI is InChI=1S/C15H21N5O3/c1-10(9-12(21)17-11-7-5-6-8-16-11)19-20-14(23)13(22)18-15(2,3)4/h5-8H,9H2,1-4H3,(H,18,22)(H,20,23)(H,16,17,21)/b19-10+. The molecule has 0 aliphatic heterocycles. The van der Waals surface area contributed by atoms with Crippen molar-refractivity contribution in [3.8, 4) is 0 Å².